The molecular weight excluding hydrogens is 560 g/mol. The lowest BCUT2D eigenvalue weighted by Gasteiger charge is -2.43. The van der Waals surface area contributed by atoms with Crippen LogP contribution in [0.2, 0.25) is 5.02 Å². The van der Waals surface area contributed by atoms with Gasteiger partial charge >= 0.3 is 0 Å². The fourth-order valence-electron chi connectivity index (χ4n) is 6.54. The van der Waals surface area contributed by atoms with Crippen molar-refractivity contribution in [2.75, 3.05) is 24.6 Å². The second kappa shape index (κ2) is 11.8. The van der Waals surface area contributed by atoms with Crippen LogP contribution in [0.15, 0.2) is 61.7 Å². The fourth-order valence-corrected chi connectivity index (χ4v) is 7.76. The molecule has 7 nitrogen and oxygen atoms in total. The van der Waals surface area contributed by atoms with Crippen molar-refractivity contribution in [3.63, 3.8) is 0 Å². The third kappa shape index (κ3) is 5.92. The Morgan fingerprint density at radius 1 is 1.27 bits per heavy atom. The van der Waals surface area contributed by atoms with Gasteiger partial charge in [-0.15, -0.1) is 13.2 Å². The number of nitrogens with one attached hydrogen (secondary N) is 1. The predicted octanol–water partition coefficient (Wildman–Crippen LogP) is 5.41. The first-order chi connectivity index (χ1) is 19.6. The van der Waals surface area contributed by atoms with Crippen molar-refractivity contribution >= 4 is 33.2 Å². The van der Waals surface area contributed by atoms with Gasteiger partial charge in [0.15, 0.2) is 0 Å². The molecule has 1 fully saturated rings. The van der Waals surface area contributed by atoms with Gasteiger partial charge in [-0.3, -0.25) is 4.79 Å². The SMILES string of the molecule is C=CCCC(C)S(=O)(=O)NC(=O)c1ccc2c(c1)N(C[C@@H]1CC[C@H]1C(O)C=C)C[C@@]1(CCc3cc(Cl)ccc31)CO2. The maximum Gasteiger partial charge on any atom is 0.264 e. The van der Waals surface area contributed by atoms with Crippen LogP contribution in [0, 0.1) is 11.8 Å². The molecule has 220 valence electrons. The standard InChI is InChI=1S/C32H39ClN2O5S/c1-4-6-7-21(3)41(38,39)34-31(37)23-9-13-30-28(17-23)35(18-24-8-11-26(24)29(36)5-2)19-32(20-40-30)15-14-22-16-25(33)10-12-27(22)32/h4-5,9-10,12-13,16-17,21,24,26,29,36H,1-2,6-8,11,14-15,18-20H2,3H3,(H,34,37)/t21?,24-,26+,29?,32-/m0/s1. The van der Waals surface area contributed by atoms with Gasteiger partial charge in [0.1, 0.15) is 5.75 Å². The smallest absolute Gasteiger partial charge is 0.264 e. The Balaban J connectivity index is 1.47. The Kier molecular flexibility index (Phi) is 8.56. The van der Waals surface area contributed by atoms with E-state index >= 15 is 0 Å². The second-order valence-corrected chi connectivity index (χ2v) is 14.3. The molecule has 1 heterocycles. The zero-order chi connectivity index (χ0) is 29.4. The first kappa shape index (κ1) is 29.7. The van der Waals surface area contributed by atoms with Crippen LogP contribution in [0.5, 0.6) is 5.75 Å². The maximum atomic E-state index is 13.2. The van der Waals surface area contributed by atoms with Crippen molar-refractivity contribution in [1.29, 1.82) is 0 Å². The predicted molar refractivity (Wildman–Crippen MR) is 163 cm³/mol. The van der Waals surface area contributed by atoms with E-state index in [9.17, 15) is 18.3 Å². The van der Waals surface area contributed by atoms with E-state index in [1.807, 2.05) is 12.1 Å². The lowest BCUT2D eigenvalue weighted by molar-refractivity contribution is 0.0461. The largest absolute Gasteiger partial charge is 0.490 e. The van der Waals surface area contributed by atoms with Crippen molar-refractivity contribution < 1.29 is 23.1 Å². The van der Waals surface area contributed by atoms with Gasteiger partial charge in [0.05, 0.1) is 23.6 Å². The number of halogens is 1. The Morgan fingerprint density at radius 2 is 2.07 bits per heavy atom. The molecule has 2 aromatic carbocycles. The highest BCUT2D eigenvalue weighted by atomic mass is 35.5. The van der Waals surface area contributed by atoms with Crippen LogP contribution in [0.1, 0.15) is 60.5 Å². The highest BCUT2D eigenvalue weighted by molar-refractivity contribution is 7.90. The number of rotatable bonds is 10. The zero-order valence-corrected chi connectivity index (χ0v) is 25.1. The van der Waals surface area contributed by atoms with E-state index in [1.165, 1.54) is 11.1 Å². The number of amides is 1. The minimum atomic E-state index is -3.85. The van der Waals surface area contributed by atoms with Crippen LogP contribution in [0.4, 0.5) is 5.69 Å². The number of hydrogen-bond acceptors (Lipinski definition) is 6. The summed E-state index contributed by atoms with van der Waals surface area (Å²) in [6.45, 7) is 10.8. The van der Waals surface area contributed by atoms with Crippen molar-refractivity contribution in [2.24, 2.45) is 11.8 Å². The van der Waals surface area contributed by atoms with Crippen LogP contribution >= 0.6 is 11.6 Å². The Hall–Kier alpha value is -2.81. The van der Waals surface area contributed by atoms with E-state index in [1.54, 1.807) is 37.3 Å². The third-order valence-electron chi connectivity index (χ3n) is 9.22. The highest BCUT2D eigenvalue weighted by Crippen LogP contribution is 2.47. The molecule has 1 aliphatic heterocycles. The number of carbonyl (C=O) groups excluding carboxylic acids is 1. The van der Waals surface area contributed by atoms with Gasteiger partial charge in [-0.1, -0.05) is 29.8 Å². The lowest BCUT2D eigenvalue weighted by Crippen LogP contribution is -2.47. The molecule has 0 bridgehead atoms. The van der Waals surface area contributed by atoms with E-state index in [4.69, 9.17) is 16.3 Å². The number of allylic oxidation sites excluding steroid dienone is 1. The Morgan fingerprint density at radius 3 is 2.78 bits per heavy atom. The van der Waals surface area contributed by atoms with Gasteiger partial charge in [0.2, 0.25) is 10.0 Å². The molecule has 2 aromatic rings. The van der Waals surface area contributed by atoms with Gasteiger partial charge in [0.25, 0.3) is 5.91 Å². The van der Waals surface area contributed by atoms with Crippen LogP contribution in [0.3, 0.4) is 0 Å². The summed E-state index contributed by atoms with van der Waals surface area (Å²) in [4.78, 5) is 15.5. The summed E-state index contributed by atoms with van der Waals surface area (Å²) in [5.41, 5.74) is 3.21. The van der Waals surface area contributed by atoms with Crippen molar-refractivity contribution in [1.82, 2.24) is 4.72 Å². The first-order valence-corrected chi connectivity index (χ1v) is 16.3. The Labute approximate surface area is 248 Å². The van der Waals surface area contributed by atoms with Gasteiger partial charge in [-0.05, 0) is 98.7 Å². The number of ether oxygens (including phenoxy) is 1. The maximum absolute atomic E-state index is 13.2. The Bertz CT molecular complexity index is 1440. The molecule has 3 aliphatic rings. The third-order valence-corrected chi connectivity index (χ3v) is 11.2. The topological polar surface area (TPSA) is 95.9 Å². The molecule has 2 aliphatic carbocycles. The average molecular weight is 599 g/mol. The van der Waals surface area contributed by atoms with E-state index in [0.29, 0.717) is 38.3 Å². The van der Waals surface area contributed by atoms with E-state index in [-0.39, 0.29) is 22.8 Å². The van der Waals surface area contributed by atoms with Crippen molar-refractivity contribution in [3.05, 3.63) is 83.4 Å². The number of fused-ring (bicyclic) bond motifs is 3. The number of nitrogens with zero attached hydrogens (tertiary/aromatic N) is 1. The molecule has 9 heteroatoms. The summed E-state index contributed by atoms with van der Waals surface area (Å²) in [5.74, 6) is 0.366. The van der Waals surface area contributed by atoms with Gasteiger partial charge in [-0.2, -0.15) is 0 Å². The normalized spacial score (nSPS) is 24.7. The number of anilines is 1. The van der Waals surface area contributed by atoms with Crippen LogP contribution in [-0.4, -0.2) is 50.5 Å². The second-order valence-electron chi connectivity index (χ2n) is 11.8. The summed E-state index contributed by atoms with van der Waals surface area (Å²) in [6.07, 6.45) is 7.37. The minimum absolute atomic E-state index is 0.124. The quantitative estimate of drug-likeness (QED) is 0.355. The summed E-state index contributed by atoms with van der Waals surface area (Å²) in [6, 6.07) is 11.2. The van der Waals surface area contributed by atoms with Crippen LogP contribution in [-0.2, 0) is 21.9 Å². The minimum Gasteiger partial charge on any atom is -0.490 e. The summed E-state index contributed by atoms with van der Waals surface area (Å²) in [7, 11) is -3.85. The number of aryl methyl sites for hydroxylation is 1. The molecule has 1 spiro atoms. The monoisotopic (exact) mass is 598 g/mol. The fraction of sp³-hybridized carbons (Fsp3) is 0.469. The molecular formula is C32H39ClN2O5S. The molecule has 0 radical (unpaired) electrons. The molecule has 1 saturated carbocycles. The molecule has 5 rings (SSSR count). The molecule has 41 heavy (non-hydrogen) atoms. The number of sulfonamides is 1. The number of benzene rings is 2. The molecule has 1 amide bonds. The number of carbonyl (C=O) groups is 1. The van der Waals surface area contributed by atoms with Crippen molar-refractivity contribution in [3.8, 4) is 5.75 Å². The van der Waals surface area contributed by atoms with E-state index in [2.05, 4.69) is 28.8 Å². The van der Waals surface area contributed by atoms with Gasteiger partial charge < -0.3 is 14.7 Å². The van der Waals surface area contributed by atoms with Gasteiger partial charge in [-0.25, -0.2) is 13.1 Å². The van der Waals surface area contributed by atoms with Crippen LogP contribution in [0.25, 0.3) is 0 Å². The van der Waals surface area contributed by atoms with E-state index in [0.717, 1.165) is 36.4 Å². The van der Waals surface area contributed by atoms with Crippen molar-refractivity contribution in [2.45, 2.75) is 62.2 Å². The summed E-state index contributed by atoms with van der Waals surface area (Å²) >= 11 is 6.32. The number of hydrogen-bond donors (Lipinski definition) is 2. The molecule has 5 atom stereocenters. The lowest BCUT2D eigenvalue weighted by atomic mass is 9.70. The average Bonchev–Trinajstić information content (AvgIpc) is 3.19. The molecule has 0 aromatic heterocycles. The van der Waals surface area contributed by atoms with E-state index < -0.39 is 27.3 Å². The summed E-state index contributed by atoms with van der Waals surface area (Å²) in [5, 5.41) is 10.5. The molecule has 2 unspecified atom stereocenters. The van der Waals surface area contributed by atoms with Gasteiger partial charge in [0, 0.05) is 29.1 Å². The molecule has 0 saturated heterocycles. The zero-order valence-electron chi connectivity index (χ0n) is 23.5. The highest BCUT2D eigenvalue weighted by Gasteiger charge is 2.45. The first-order valence-electron chi connectivity index (χ1n) is 14.3. The van der Waals surface area contributed by atoms with Crippen LogP contribution < -0.4 is 14.4 Å². The summed E-state index contributed by atoms with van der Waals surface area (Å²) < 4.78 is 34.3. The molecule has 2 N–H and O–H groups in total. The number of aliphatic hydroxyl groups excluding tert-OH is 1. The number of aliphatic hydroxyl groups is 1.